The number of carbonyl (C=O) groups excluding carboxylic acids is 1. The minimum absolute atomic E-state index is 0.126. The minimum atomic E-state index is -0.126. The molecular weight excluding hydrogens is 270 g/mol. The summed E-state index contributed by atoms with van der Waals surface area (Å²) >= 11 is 0. The Kier molecular flexibility index (Phi) is 4.50. The standard InChI is InChI=1S/C14H23N5O2/c1-10-13(17-18-16-10)14(20)15-11-4-6-19(7-5-11)9-12-3-2-8-21-12/h11-12H,2-9H2,1H3,(H,15,20)(H,16,17,18)/t12-/m0/s1. The Morgan fingerprint density at radius 1 is 1.38 bits per heavy atom. The van der Waals surface area contributed by atoms with Gasteiger partial charge >= 0.3 is 0 Å². The molecule has 0 unspecified atom stereocenters. The number of nitrogens with one attached hydrogen (secondary N) is 2. The zero-order valence-electron chi connectivity index (χ0n) is 12.5. The molecule has 0 aliphatic carbocycles. The number of aromatic nitrogens is 3. The molecule has 21 heavy (non-hydrogen) atoms. The van der Waals surface area contributed by atoms with Crippen molar-refractivity contribution in [2.45, 2.75) is 44.8 Å². The molecule has 2 N–H and O–H groups in total. The summed E-state index contributed by atoms with van der Waals surface area (Å²) in [6.07, 6.45) is 4.75. The van der Waals surface area contributed by atoms with Gasteiger partial charge in [-0.3, -0.25) is 4.79 Å². The average molecular weight is 293 g/mol. The Labute approximate surface area is 124 Å². The van der Waals surface area contributed by atoms with Gasteiger partial charge in [0.1, 0.15) is 0 Å². The lowest BCUT2D eigenvalue weighted by Crippen LogP contribution is -2.46. The number of piperidine rings is 1. The van der Waals surface area contributed by atoms with Crippen molar-refractivity contribution >= 4 is 5.91 Å². The molecule has 1 amide bonds. The van der Waals surface area contributed by atoms with Gasteiger partial charge in [-0.1, -0.05) is 0 Å². The summed E-state index contributed by atoms with van der Waals surface area (Å²) in [5.74, 6) is -0.126. The topological polar surface area (TPSA) is 83.1 Å². The van der Waals surface area contributed by atoms with Gasteiger partial charge in [0.05, 0.1) is 11.8 Å². The van der Waals surface area contributed by atoms with Crippen molar-refractivity contribution in [3.63, 3.8) is 0 Å². The van der Waals surface area contributed by atoms with Gasteiger partial charge in [-0.15, -0.1) is 0 Å². The smallest absolute Gasteiger partial charge is 0.273 e. The fourth-order valence-electron chi connectivity index (χ4n) is 3.09. The lowest BCUT2D eigenvalue weighted by Gasteiger charge is -2.33. The maximum Gasteiger partial charge on any atom is 0.273 e. The van der Waals surface area contributed by atoms with Crippen LogP contribution in [0.15, 0.2) is 0 Å². The van der Waals surface area contributed by atoms with E-state index in [1.54, 1.807) is 6.92 Å². The molecule has 2 aliphatic heterocycles. The van der Waals surface area contributed by atoms with Crippen LogP contribution in [-0.2, 0) is 4.74 Å². The third-order valence-corrected chi connectivity index (χ3v) is 4.35. The van der Waals surface area contributed by atoms with E-state index in [1.807, 2.05) is 0 Å². The first-order valence-electron chi connectivity index (χ1n) is 7.74. The second kappa shape index (κ2) is 6.53. The van der Waals surface area contributed by atoms with Crippen LogP contribution in [-0.4, -0.2) is 64.6 Å². The van der Waals surface area contributed by atoms with Crippen LogP contribution < -0.4 is 5.32 Å². The van der Waals surface area contributed by atoms with E-state index in [9.17, 15) is 4.79 Å². The fourth-order valence-corrected chi connectivity index (χ4v) is 3.09. The zero-order chi connectivity index (χ0) is 14.7. The van der Waals surface area contributed by atoms with E-state index in [4.69, 9.17) is 4.74 Å². The lowest BCUT2D eigenvalue weighted by atomic mass is 10.0. The van der Waals surface area contributed by atoms with E-state index in [1.165, 1.54) is 12.8 Å². The van der Waals surface area contributed by atoms with E-state index >= 15 is 0 Å². The normalized spacial score (nSPS) is 24.3. The minimum Gasteiger partial charge on any atom is -0.377 e. The summed E-state index contributed by atoms with van der Waals surface area (Å²) in [5, 5.41) is 13.3. The number of aromatic amines is 1. The zero-order valence-corrected chi connectivity index (χ0v) is 12.5. The first kappa shape index (κ1) is 14.5. The fraction of sp³-hybridized carbons (Fsp3) is 0.786. The number of hydrogen-bond donors (Lipinski definition) is 2. The highest BCUT2D eigenvalue weighted by molar-refractivity contribution is 5.93. The SMILES string of the molecule is Cc1n[nH]nc1C(=O)NC1CCN(C[C@@H]2CCCO2)CC1. The Hall–Kier alpha value is -1.47. The second-order valence-corrected chi connectivity index (χ2v) is 5.94. The molecule has 1 aromatic rings. The van der Waals surface area contributed by atoms with E-state index in [0.29, 0.717) is 17.5 Å². The van der Waals surface area contributed by atoms with E-state index in [0.717, 1.165) is 39.1 Å². The van der Waals surface area contributed by atoms with Crippen molar-refractivity contribution in [1.29, 1.82) is 0 Å². The van der Waals surface area contributed by atoms with Crippen LogP contribution in [0.4, 0.5) is 0 Å². The largest absolute Gasteiger partial charge is 0.377 e. The average Bonchev–Trinajstić information content (AvgIpc) is 3.12. The summed E-state index contributed by atoms with van der Waals surface area (Å²) in [4.78, 5) is 14.5. The second-order valence-electron chi connectivity index (χ2n) is 5.94. The van der Waals surface area contributed by atoms with Crippen molar-refractivity contribution in [3.8, 4) is 0 Å². The van der Waals surface area contributed by atoms with Crippen LogP contribution in [0.5, 0.6) is 0 Å². The number of nitrogens with zero attached hydrogens (tertiary/aromatic N) is 3. The predicted molar refractivity (Wildman–Crippen MR) is 77.0 cm³/mol. The summed E-state index contributed by atoms with van der Waals surface area (Å²) in [6.45, 7) is 5.76. The molecule has 0 saturated carbocycles. The quantitative estimate of drug-likeness (QED) is 0.844. The van der Waals surface area contributed by atoms with E-state index in [2.05, 4.69) is 25.6 Å². The van der Waals surface area contributed by atoms with Crippen molar-refractivity contribution in [1.82, 2.24) is 25.6 Å². The van der Waals surface area contributed by atoms with Gasteiger partial charge in [0.25, 0.3) is 5.91 Å². The van der Waals surface area contributed by atoms with Gasteiger partial charge < -0.3 is 15.0 Å². The third kappa shape index (κ3) is 3.59. The Balaban J connectivity index is 1.43. The van der Waals surface area contributed by atoms with Crippen LogP contribution in [0.1, 0.15) is 41.9 Å². The van der Waals surface area contributed by atoms with Crippen molar-refractivity contribution in [2.75, 3.05) is 26.2 Å². The van der Waals surface area contributed by atoms with E-state index < -0.39 is 0 Å². The molecule has 116 valence electrons. The number of aryl methyl sites for hydroxylation is 1. The summed E-state index contributed by atoms with van der Waals surface area (Å²) in [7, 11) is 0. The van der Waals surface area contributed by atoms with Crippen LogP contribution in [0.3, 0.4) is 0 Å². The number of H-pyrrole nitrogens is 1. The molecule has 0 spiro atoms. The molecule has 1 aromatic heterocycles. The molecule has 1 atom stereocenters. The van der Waals surface area contributed by atoms with Crippen LogP contribution in [0.2, 0.25) is 0 Å². The maximum absolute atomic E-state index is 12.1. The highest BCUT2D eigenvalue weighted by Crippen LogP contribution is 2.17. The summed E-state index contributed by atoms with van der Waals surface area (Å²) in [5.41, 5.74) is 1.04. The monoisotopic (exact) mass is 293 g/mol. The molecule has 7 heteroatoms. The molecule has 2 fully saturated rings. The van der Waals surface area contributed by atoms with Gasteiger partial charge in [-0.25, -0.2) is 0 Å². The summed E-state index contributed by atoms with van der Waals surface area (Å²) < 4.78 is 5.68. The molecule has 2 aliphatic rings. The van der Waals surface area contributed by atoms with Gasteiger partial charge in [-0.2, -0.15) is 15.4 Å². The Morgan fingerprint density at radius 2 is 2.19 bits per heavy atom. The number of ether oxygens (including phenoxy) is 1. The number of carbonyl (C=O) groups is 1. The number of likely N-dealkylation sites (tertiary alicyclic amines) is 1. The number of amides is 1. The van der Waals surface area contributed by atoms with Gasteiger partial charge in [0.15, 0.2) is 5.69 Å². The number of hydrogen-bond acceptors (Lipinski definition) is 5. The first-order valence-corrected chi connectivity index (χ1v) is 7.74. The van der Waals surface area contributed by atoms with Crippen LogP contribution in [0.25, 0.3) is 0 Å². The van der Waals surface area contributed by atoms with Gasteiger partial charge in [0, 0.05) is 32.3 Å². The highest BCUT2D eigenvalue weighted by atomic mass is 16.5. The van der Waals surface area contributed by atoms with Crippen LogP contribution >= 0.6 is 0 Å². The summed E-state index contributed by atoms with van der Waals surface area (Å²) in [6, 6.07) is 0.231. The van der Waals surface area contributed by atoms with Crippen molar-refractivity contribution in [3.05, 3.63) is 11.4 Å². The maximum atomic E-state index is 12.1. The predicted octanol–water partition coefficient (Wildman–Crippen LogP) is 0.486. The first-order chi connectivity index (χ1) is 10.2. The highest BCUT2D eigenvalue weighted by Gasteiger charge is 2.25. The Morgan fingerprint density at radius 3 is 2.81 bits per heavy atom. The van der Waals surface area contributed by atoms with Crippen molar-refractivity contribution in [2.24, 2.45) is 0 Å². The molecule has 7 nitrogen and oxygen atoms in total. The molecule has 0 aromatic carbocycles. The third-order valence-electron chi connectivity index (χ3n) is 4.35. The molecule has 3 heterocycles. The Bertz CT molecular complexity index is 475. The van der Waals surface area contributed by atoms with Gasteiger partial charge in [-0.05, 0) is 32.6 Å². The van der Waals surface area contributed by atoms with E-state index in [-0.39, 0.29) is 11.9 Å². The molecular formula is C14H23N5O2. The van der Waals surface area contributed by atoms with Gasteiger partial charge in [0.2, 0.25) is 0 Å². The lowest BCUT2D eigenvalue weighted by molar-refractivity contribution is 0.0612. The van der Waals surface area contributed by atoms with Crippen molar-refractivity contribution < 1.29 is 9.53 Å². The van der Waals surface area contributed by atoms with Crippen LogP contribution in [0, 0.1) is 6.92 Å². The molecule has 0 bridgehead atoms. The molecule has 2 saturated heterocycles. The number of rotatable bonds is 4. The molecule has 3 rings (SSSR count). The molecule has 0 radical (unpaired) electrons.